The molecule has 0 spiro atoms. The van der Waals surface area contributed by atoms with E-state index in [2.05, 4.69) is 0 Å². The zero-order chi connectivity index (χ0) is 21.7. The molecule has 1 saturated carbocycles. The van der Waals surface area contributed by atoms with Gasteiger partial charge in [0.05, 0.1) is 9.82 Å². The molecular formula is C20H29N3O6S. The molecule has 0 N–H and O–H groups in total. The van der Waals surface area contributed by atoms with Gasteiger partial charge in [-0.15, -0.1) is 0 Å². The van der Waals surface area contributed by atoms with Crippen LogP contribution in [0.2, 0.25) is 0 Å². The minimum Gasteiger partial charge on any atom is -0.477 e. The van der Waals surface area contributed by atoms with Gasteiger partial charge in [0.25, 0.3) is 5.91 Å². The first-order chi connectivity index (χ1) is 14.3. The van der Waals surface area contributed by atoms with E-state index in [0.717, 1.165) is 44.6 Å². The van der Waals surface area contributed by atoms with Crippen molar-refractivity contribution in [3.63, 3.8) is 0 Å². The number of hydrogen-bond acceptors (Lipinski definition) is 6. The third-order valence-corrected chi connectivity index (χ3v) is 7.75. The molecule has 1 amide bonds. The smallest absolute Gasteiger partial charge is 0.312 e. The Bertz CT molecular complexity index is 877. The molecule has 3 rings (SSSR count). The lowest BCUT2D eigenvalue weighted by Gasteiger charge is -2.33. The van der Waals surface area contributed by atoms with Crippen molar-refractivity contribution >= 4 is 21.6 Å². The van der Waals surface area contributed by atoms with Crippen LogP contribution in [0.15, 0.2) is 23.1 Å². The number of rotatable bonds is 8. The Labute approximate surface area is 177 Å². The van der Waals surface area contributed by atoms with E-state index < -0.39 is 20.6 Å². The Morgan fingerprint density at radius 2 is 1.87 bits per heavy atom. The number of nitro groups is 1. The predicted octanol–water partition coefficient (Wildman–Crippen LogP) is 2.94. The number of sulfonamides is 1. The highest BCUT2D eigenvalue weighted by Crippen LogP contribution is 2.32. The van der Waals surface area contributed by atoms with Crippen LogP contribution in [0.4, 0.5) is 5.69 Å². The summed E-state index contributed by atoms with van der Waals surface area (Å²) in [7, 11) is -3.78. The van der Waals surface area contributed by atoms with Gasteiger partial charge in [-0.2, -0.15) is 4.31 Å². The lowest BCUT2D eigenvalue weighted by molar-refractivity contribution is -0.386. The molecule has 30 heavy (non-hydrogen) atoms. The summed E-state index contributed by atoms with van der Waals surface area (Å²) >= 11 is 0. The highest BCUT2D eigenvalue weighted by atomic mass is 32.2. The lowest BCUT2D eigenvalue weighted by atomic mass is 9.94. The Kier molecular flexibility index (Phi) is 7.30. The van der Waals surface area contributed by atoms with E-state index in [1.165, 1.54) is 22.9 Å². The fourth-order valence-electron chi connectivity index (χ4n) is 4.25. The summed E-state index contributed by atoms with van der Waals surface area (Å²) in [6, 6.07) is 3.78. The minimum absolute atomic E-state index is 0.103. The van der Waals surface area contributed by atoms with Gasteiger partial charge in [-0.3, -0.25) is 14.9 Å². The molecule has 10 heteroatoms. The first-order valence-electron chi connectivity index (χ1n) is 10.6. The van der Waals surface area contributed by atoms with Crippen molar-refractivity contribution in [2.24, 2.45) is 0 Å². The van der Waals surface area contributed by atoms with Gasteiger partial charge in [-0.25, -0.2) is 8.42 Å². The number of carbonyl (C=O) groups excluding carboxylic acids is 1. The summed E-state index contributed by atoms with van der Waals surface area (Å²) in [5, 5.41) is 11.5. The van der Waals surface area contributed by atoms with Crippen molar-refractivity contribution in [1.82, 2.24) is 9.21 Å². The van der Waals surface area contributed by atoms with Crippen LogP contribution in [0, 0.1) is 10.1 Å². The van der Waals surface area contributed by atoms with Gasteiger partial charge in [-0.05, 0) is 44.7 Å². The number of nitro benzene ring substituents is 1. The number of benzene rings is 1. The summed E-state index contributed by atoms with van der Waals surface area (Å²) in [5.74, 6) is -0.319. The van der Waals surface area contributed by atoms with Crippen LogP contribution in [-0.4, -0.2) is 60.7 Å². The third kappa shape index (κ3) is 4.92. The molecule has 9 nitrogen and oxygen atoms in total. The molecule has 0 radical (unpaired) electrons. The second kappa shape index (κ2) is 9.74. The van der Waals surface area contributed by atoms with E-state index in [4.69, 9.17) is 4.74 Å². The SMILES string of the molecule is CCN(C(=O)COc1ccc(S(=O)(=O)N2CCCC2)cc1[N+](=O)[O-])C1CCCCC1. The van der Waals surface area contributed by atoms with Crippen LogP contribution in [0.5, 0.6) is 5.75 Å². The van der Waals surface area contributed by atoms with Crippen molar-refractivity contribution in [1.29, 1.82) is 0 Å². The first kappa shape index (κ1) is 22.5. The monoisotopic (exact) mass is 439 g/mol. The quantitative estimate of drug-likeness (QED) is 0.455. The summed E-state index contributed by atoms with van der Waals surface area (Å²) in [6.07, 6.45) is 6.84. The second-order valence-electron chi connectivity index (χ2n) is 7.76. The van der Waals surface area contributed by atoms with Crippen molar-refractivity contribution in [2.45, 2.75) is 62.8 Å². The molecule has 1 aliphatic carbocycles. The van der Waals surface area contributed by atoms with Gasteiger partial charge < -0.3 is 9.64 Å². The van der Waals surface area contributed by atoms with Crippen molar-refractivity contribution in [2.75, 3.05) is 26.2 Å². The van der Waals surface area contributed by atoms with E-state index in [1.807, 2.05) is 6.92 Å². The molecule has 0 unspecified atom stereocenters. The lowest BCUT2D eigenvalue weighted by Crippen LogP contribution is -2.43. The van der Waals surface area contributed by atoms with Crippen LogP contribution >= 0.6 is 0 Å². The Morgan fingerprint density at radius 3 is 2.47 bits per heavy atom. The Hall–Kier alpha value is -2.20. The molecule has 0 bridgehead atoms. The van der Waals surface area contributed by atoms with E-state index in [9.17, 15) is 23.3 Å². The zero-order valence-corrected chi connectivity index (χ0v) is 18.1. The third-order valence-electron chi connectivity index (χ3n) is 5.86. The molecule has 2 fully saturated rings. The number of nitrogens with zero attached hydrogens (tertiary/aromatic N) is 3. The molecule has 0 atom stereocenters. The van der Waals surface area contributed by atoms with Crippen molar-refractivity contribution in [3.05, 3.63) is 28.3 Å². The van der Waals surface area contributed by atoms with E-state index in [1.54, 1.807) is 4.90 Å². The van der Waals surface area contributed by atoms with E-state index in [0.29, 0.717) is 19.6 Å². The van der Waals surface area contributed by atoms with Gasteiger partial charge in [0.2, 0.25) is 10.0 Å². The number of carbonyl (C=O) groups is 1. The summed E-state index contributed by atoms with van der Waals surface area (Å²) in [4.78, 5) is 25.1. The van der Waals surface area contributed by atoms with Gasteiger partial charge in [0.1, 0.15) is 0 Å². The van der Waals surface area contributed by atoms with E-state index in [-0.39, 0.29) is 29.2 Å². The van der Waals surface area contributed by atoms with Crippen LogP contribution in [0.3, 0.4) is 0 Å². The summed E-state index contributed by atoms with van der Waals surface area (Å²) in [6.45, 7) is 2.98. The molecule has 1 aromatic rings. The van der Waals surface area contributed by atoms with Gasteiger partial charge in [-0.1, -0.05) is 19.3 Å². The predicted molar refractivity (Wildman–Crippen MR) is 111 cm³/mol. The molecule has 1 saturated heterocycles. The Balaban J connectivity index is 1.74. The molecule has 2 aliphatic rings. The number of likely N-dealkylation sites (N-methyl/N-ethyl adjacent to an activating group) is 1. The molecule has 1 aliphatic heterocycles. The summed E-state index contributed by atoms with van der Waals surface area (Å²) < 4.78 is 32.2. The highest BCUT2D eigenvalue weighted by molar-refractivity contribution is 7.89. The number of ether oxygens (including phenoxy) is 1. The second-order valence-corrected chi connectivity index (χ2v) is 9.70. The molecule has 166 valence electrons. The average molecular weight is 440 g/mol. The average Bonchev–Trinajstić information content (AvgIpc) is 3.29. The molecule has 1 aromatic carbocycles. The normalized spacial score (nSPS) is 18.3. The summed E-state index contributed by atoms with van der Waals surface area (Å²) in [5.41, 5.74) is -0.455. The fourth-order valence-corrected chi connectivity index (χ4v) is 5.79. The first-order valence-corrected chi connectivity index (χ1v) is 12.0. The van der Waals surface area contributed by atoms with Gasteiger partial charge in [0.15, 0.2) is 12.4 Å². The van der Waals surface area contributed by atoms with Crippen LogP contribution in [-0.2, 0) is 14.8 Å². The maximum Gasteiger partial charge on any atom is 0.312 e. The maximum atomic E-state index is 12.7. The van der Waals surface area contributed by atoms with Gasteiger partial charge in [0, 0.05) is 31.7 Å². The van der Waals surface area contributed by atoms with E-state index >= 15 is 0 Å². The zero-order valence-electron chi connectivity index (χ0n) is 17.3. The topological polar surface area (TPSA) is 110 Å². The van der Waals surface area contributed by atoms with Crippen LogP contribution < -0.4 is 4.74 Å². The molecular weight excluding hydrogens is 410 g/mol. The number of amides is 1. The van der Waals surface area contributed by atoms with Crippen molar-refractivity contribution < 1.29 is 22.9 Å². The minimum atomic E-state index is -3.78. The van der Waals surface area contributed by atoms with Crippen molar-refractivity contribution in [3.8, 4) is 5.75 Å². The fraction of sp³-hybridized carbons (Fsp3) is 0.650. The largest absolute Gasteiger partial charge is 0.477 e. The standard InChI is InChI=1S/C20H29N3O6S/c1-2-22(16-8-4-3-5-9-16)20(24)15-29-19-11-10-17(14-18(19)23(25)26)30(27,28)21-12-6-7-13-21/h10-11,14,16H,2-9,12-13,15H2,1H3. The maximum absolute atomic E-state index is 12.7. The highest BCUT2D eigenvalue weighted by Gasteiger charge is 2.30. The van der Waals surface area contributed by atoms with Crippen LogP contribution in [0.25, 0.3) is 0 Å². The Morgan fingerprint density at radius 1 is 1.20 bits per heavy atom. The molecule has 0 aromatic heterocycles. The molecule has 1 heterocycles. The van der Waals surface area contributed by atoms with Crippen LogP contribution in [0.1, 0.15) is 51.9 Å². The van der Waals surface area contributed by atoms with Gasteiger partial charge >= 0.3 is 5.69 Å². The number of hydrogen-bond donors (Lipinski definition) is 0.